The summed E-state index contributed by atoms with van der Waals surface area (Å²) in [5.74, 6) is 6.35. The van der Waals surface area contributed by atoms with E-state index < -0.39 is 0 Å². The highest BCUT2D eigenvalue weighted by Crippen LogP contribution is 2.23. The summed E-state index contributed by atoms with van der Waals surface area (Å²) in [4.78, 5) is 29.5. The Bertz CT molecular complexity index is 599. The quantitative estimate of drug-likeness (QED) is 0.408. The molecular formula is C21H32N2O4S. The van der Waals surface area contributed by atoms with Gasteiger partial charge in [0.05, 0.1) is 6.10 Å². The lowest BCUT2D eigenvalue weighted by atomic mass is 9.94. The molecule has 156 valence electrons. The van der Waals surface area contributed by atoms with E-state index >= 15 is 0 Å². The van der Waals surface area contributed by atoms with E-state index in [1.165, 1.54) is 0 Å². The van der Waals surface area contributed by atoms with Crippen molar-refractivity contribution < 1.29 is 19.5 Å². The van der Waals surface area contributed by atoms with Gasteiger partial charge in [-0.05, 0) is 49.8 Å². The summed E-state index contributed by atoms with van der Waals surface area (Å²) in [5, 5.41) is 10.4. The van der Waals surface area contributed by atoms with Gasteiger partial charge in [-0.15, -0.1) is 0 Å². The van der Waals surface area contributed by atoms with Gasteiger partial charge in [-0.25, -0.2) is 0 Å². The highest BCUT2D eigenvalue weighted by atomic mass is 32.2. The van der Waals surface area contributed by atoms with Crippen molar-refractivity contribution in [1.29, 1.82) is 0 Å². The van der Waals surface area contributed by atoms with Crippen LogP contribution in [0.5, 0.6) is 0 Å². The van der Waals surface area contributed by atoms with Gasteiger partial charge in [0.2, 0.25) is 5.91 Å². The van der Waals surface area contributed by atoms with Crippen LogP contribution in [-0.4, -0.2) is 52.1 Å². The Labute approximate surface area is 171 Å². The van der Waals surface area contributed by atoms with Crippen molar-refractivity contribution in [2.45, 2.75) is 63.5 Å². The molecule has 1 amide bonds. The Hall–Kier alpha value is -1.57. The zero-order chi connectivity index (χ0) is 20.2. The number of carbonyl (C=O) groups is 2. The predicted octanol–water partition coefficient (Wildman–Crippen LogP) is 2.68. The first-order chi connectivity index (χ1) is 13.6. The van der Waals surface area contributed by atoms with E-state index in [-0.39, 0.29) is 24.0 Å². The standard InChI is InChI=1S/C21H32N2O4S/c22-27-21(26)10-5-14-28-15-13-23-18(8-4-9-20(23)25)11-12-19(24)16-17-6-2-1-3-7-17/h1-3,6-7,18-19,24H,4-5,8-16,22H2/t18-,19?/m1/s1. The fourth-order valence-corrected chi connectivity index (χ4v) is 4.49. The summed E-state index contributed by atoms with van der Waals surface area (Å²) in [6.07, 6.45) is 5.44. The SMILES string of the molecule is NOC(=O)CCCSCCN1C(=O)CCC[C@@H]1CCC(O)Cc1ccccc1. The zero-order valence-electron chi connectivity index (χ0n) is 16.4. The molecule has 0 bridgehead atoms. The molecule has 1 aliphatic heterocycles. The topological polar surface area (TPSA) is 92.9 Å². The minimum Gasteiger partial charge on any atom is -0.393 e. The number of aliphatic hydroxyl groups is 1. The van der Waals surface area contributed by atoms with Gasteiger partial charge < -0.3 is 14.8 Å². The van der Waals surface area contributed by atoms with Gasteiger partial charge in [0.25, 0.3) is 0 Å². The summed E-state index contributed by atoms with van der Waals surface area (Å²) in [5.41, 5.74) is 1.14. The summed E-state index contributed by atoms with van der Waals surface area (Å²) in [7, 11) is 0. The number of likely N-dealkylation sites (tertiary alicyclic amines) is 1. The molecule has 1 aromatic carbocycles. The minimum absolute atomic E-state index is 0.222. The number of nitrogens with two attached hydrogens (primary N) is 1. The van der Waals surface area contributed by atoms with Gasteiger partial charge in [0, 0.05) is 31.2 Å². The molecule has 0 aromatic heterocycles. The van der Waals surface area contributed by atoms with Crippen LogP contribution in [0.2, 0.25) is 0 Å². The molecule has 1 aliphatic rings. The number of hydrogen-bond donors (Lipinski definition) is 2. The molecule has 1 saturated heterocycles. The van der Waals surface area contributed by atoms with Crippen molar-refractivity contribution in [3.05, 3.63) is 35.9 Å². The molecular weight excluding hydrogens is 376 g/mol. The largest absolute Gasteiger partial charge is 0.393 e. The van der Waals surface area contributed by atoms with Crippen LogP contribution in [0, 0.1) is 0 Å². The molecule has 7 heteroatoms. The second-order valence-electron chi connectivity index (χ2n) is 7.26. The molecule has 0 spiro atoms. The minimum atomic E-state index is -0.388. The third-order valence-electron chi connectivity index (χ3n) is 5.11. The van der Waals surface area contributed by atoms with Crippen molar-refractivity contribution in [2.24, 2.45) is 5.90 Å². The van der Waals surface area contributed by atoms with E-state index in [0.29, 0.717) is 25.7 Å². The van der Waals surface area contributed by atoms with Crippen LogP contribution < -0.4 is 5.90 Å². The molecule has 28 heavy (non-hydrogen) atoms. The van der Waals surface area contributed by atoms with Gasteiger partial charge in [-0.1, -0.05) is 30.3 Å². The van der Waals surface area contributed by atoms with Crippen LogP contribution in [0.15, 0.2) is 30.3 Å². The fourth-order valence-electron chi connectivity index (χ4n) is 3.61. The van der Waals surface area contributed by atoms with Crippen LogP contribution in [0.25, 0.3) is 0 Å². The summed E-state index contributed by atoms with van der Waals surface area (Å²) in [6, 6.07) is 10.2. The molecule has 6 nitrogen and oxygen atoms in total. The number of aliphatic hydroxyl groups excluding tert-OH is 1. The number of amides is 1. The summed E-state index contributed by atoms with van der Waals surface area (Å²) >= 11 is 1.74. The normalized spacial score (nSPS) is 18.1. The molecule has 1 fully saturated rings. The molecule has 2 atom stereocenters. The van der Waals surface area contributed by atoms with E-state index in [0.717, 1.165) is 49.3 Å². The second-order valence-corrected chi connectivity index (χ2v) is 8.48. The molecule has 2 rings (SSSR count). The number of carbonyl (C=O) groups excluding carboxylic acids is 2. The number of nitrogens with zero attached hydrogens (tertiary/aromatic N) is 1. The average Bonchev–Trinajstić information content (AvgIpc) is 2.70. The van der Waals surface area contributed by atoms with Gasteiger partial charge in [-0.2, -0.15) is 17.7 Å². The Morgan fingerprint density at radius 2 is 2.11 bits per heavy atom. The van der Waals surface area contributed by atoms with Crippen LogP contribution >= 0.6 is 11.8 Å². The molecule has 3 N–H and O–H groups in total. The number of piperidine rings is 1. The van der Waals surface area contributed by atoms with Crippen LogP contribution in [-0.2, 0) is 20.8 Å². The van der Waals surface area contributed by atoms with E-state index in [1.54, 1.807) is 11.8 Å². The molecule has 0 aliphatic carbocycles. The lowest BCUT2D eigenvalue weighted by Crippen LogP contribution is -2.45. The maximum absolute atomic E-state index is 12.4. The highest BCUT2D eigenvalue weighted by molar-refractivity contribution is 7.99. The van der Waals surface area contributed by atoms with E-state index in [1.807, 2.05) is 35.2 Å². The monoisotopic (exact) mass is 408 g/mol. The third kappa shape index (κ3) is 8.20. The van der Waals surface area contributed by atoms with Crippen molar-refractivity contribution in [1.82, 2.24) is 4.90 Å². The Morgan fingerprint density at radius 1 is 1.32 bits per heavy atom. The Morgan fingerprint density at radius 3 is 2.86 bits per heavy atom. The summed E-state index contributed by atoms with van der Waals surface area (Å²) in [6.45, 7) is 0.726. The lowest BCUT2D eigenvalue weighted by molar-refractivity contribution is -0.144. The average molecular weight is 409 g/mol. The Balaban J connectivity index is 1.70. The first-order valence-electron chi connectivity index (χ1n) is 10.1. The first-order valence-corrected chi connectivity index (χ1v) is 11.2. The zero-order valence-corrected chi connectivity index (χ0v) is 17.2. The smallest absolute Gasteiger partial charge is 0.324 e. The maximum Gasteiger partial charge on any atom is 0.324 e. The van der Waals surface area contributed by atoms with Gasteiger partial charge in [-0.3, -0.25) is 9.59 Å². The second kappa shape index (κ2) is 12.8. The van der Waals surface area contributed by atoms with E-state index in [2.05, 4.69) is 4.84 Å². The molecule has 1 heterocycles. The number of benzene rings is 1. The summed E-state index contributed by atoms with van der Waals surface area (Å²) < 4.78 is 0. The van der Waals surface area contributed by atoms with Crippen molar-refractivity contribution in [2.75, 3.05) is 18.1 Å². The lowest BCUT2D eigenvalue weighted by Gasteiger charge is -2.36. The van der Waals surface area contributed by atoms with Crippen LogP contribution in [0.4, 0.5) is 0 Å². The van der Waals surface area contributed by atoms with E-state index in [9.17, 15) is 14.7 Å². The van der Waals surface area contributed by atoms with Gasteiger partial charge in [0.1, 0.15) is 0 Å². The van der Waals surface area contributed by atoms with E-state index in [4.69, 9.17) is 5.90 Å². The van der Waals surface area contributed by atoms with Crippen molar-refractivity contribution in [3.63, 3.8) is 0 Å². The van der Waals surface area contributed by atoms with Crippen LogP contribution in [0.1, 0.15) is 50.5 Å². The Kier molecular flexibility index (Phi) is 10.4. The predicted molar refractivity (Wildman–Crippen MR) is 112 cm³/mol. The third-order valence-corrected chi connectivity index (χ3v) is 6.16. The molecule has 1 aromatic rings. The maximum atomic E-state index is 12.4. The highest BCUT2D eigenvalue weighted by Gasteiger charge is 2.27. The van der Waals surface area contributed by atoms with Crippen molar-refractivity contribution >= 4 is 23.6 Å². The van der Waals surface area contributed by atoms with Gasteiger partial charge in [0.15, 0.2) is 0 Å². The van der Waals surface area contributed by atoms with Crippen molar-refractivity contribution in [3.8, 4) is 0 Å². The van der Waals surface area contributed by atoms with Crippen LogP contribution in [0.3, 0.4) is 0 Å². The number of hydrogen-bond acceptors (Lipinski definition) is 6. The van der Waals surface area contributed by atoms with Gasteiger partial charge >= 0.3 is 5.97 Å². The first kappa shape index (κ1) is 22.7. The number of thioether (sulfide) groups is 1. The molecule has 0 saturated carbocycles. The molecule has 1 unspecified atom stereocenters. The molecule has 0 radical (unpaired) electrons. The fraction of sp³-hybridized carbons (Fsp3) is 0.619. The number of rotatable bonds is 12.